The maximum absolute atomic E-state index is 13.2. The molecule has 1 aliphatic heterocycles. The number of carbonyl (C=O) groups is 1. The maximum atomic E-state index is 13.2. The Labute approximate surface area is 150 Å². The van der Waals surface area contributed by atoms with Crippen LogP contribution in [0.3, 0.4) is 0 Å². The highest BCUT2D eigenvalue weighted by atomic mass is 32.2. The van der Waals surface area contributed by atoms with Gasteiger partial charge in [0.2, 0.25) is 10.0 Å². The second kappa shape index (κ2) is 6.00. The van der Waals surface area contributed by atoms with Crippen LogP contribution in [0.4, 0.5) is 5.69 Å². The van der Waals surface area contributed by atoms with Crippen LogP contribution in [-0.2, 0) is 21.2 Å². The molecule has 0 amide bonds. The van der Waals surface area contributed by atoms with E-state index >= 15 is 0 Å². The molecule has 1 saturated heterocycles. The molecule has 1 fully saturated rings. The molecule has 3 atom stereocenters. The maximum Gasteiger partial charge on any atom is 0.269 e. The predicted octanol–water partition coefficient (Wildman–Crippen LogP) is 2.33. The Morgan fingerprint density at radius 1 is 1.12 bits per heavy atom. The van der Waals surface area contributed by atoms with E-state index in [9.17, 15) is 23.3 Å². The van der Waals surface area contributed by atoms with Crippen molar-refractivity contribution in [2.24, 2.45) is 11.8 Å². The lowest BCUT2D eigenvalue weighted by molar-refractivity contribution is -0.384. The summed E-state index contributed by atoms with van der Waals surface area (Å²) >= 11 is 0. The third kappa shape index (κ3) is 2.45. The number of nitrogens with zero attached hydrogens (tertiary/aromatic N) is 2. The Kier molecular flexibility index (Phi) is 3.89. The molecule has 0 spiro atoms. The van der Waals surface area contributed by atoms with Crippen molar-refractivity contribution >= 4 is 22.0 Å². The van der Waals surface area contributed by atoms with Crippen LogP contribution in [0.25, 0.3) is 0 Å². The smallest absolute Gasteiger partial charge is 0.269 e. The summed E-state index contributed by atoms with van der Waals surface area (Å²) in [6.45, 7) is 0.131. The van der Waals surface area contributed by atoms with Gasteiger partial charge in [0.25, 0.3) is 5.69 Å². The second-order valence-electron chi connectivity index (χ2n) is 6.64. The molecule has 2 aromatic rings. The fraction of sp³-hybridized carbons (Fsp3) is 0.278. The number of hydrogen-bond acceptors (Lipinski definition) is 5. The Hall–Kier alpha value is -2.58. The molecule has 0 aromatic heterocycles. The van der Waals surface area contributed by atoms with Crippen molar-refractivity contribution in [2.45, 2.75) is 17.4 Å². The lowest BCUT2D eigenvalue weighted by Gasteiger charge is -2.24. The normalized spacial score (nSPS) is 24.8. The van der Waals surface area contributed by atoms with E-state index in [-0.39, 0.29) is 35.0 Å². The number of fused-ring (bicyclic) bond motifs is 3. The summed E-state index contributed by atoms with van der Waals surface area (Å²) in [6.07, 6.45) is 1.52. The first-order valence-corrected chi connectivity index (χ1v) is 9.67. The van der Waals surface area contributed by atoms with Crippen LogP contribution in [0.5, 0.6) is 0 Å². The van der Waals surface area contributed by atoms with Crippen LogP contribution in [0, 0.1) is 22.0 Å². The van der Waals surface area contributed by atoms with Gasteiger partial charge in [-0.05, 0) is 35.6 Å². The van der Waals surface area contributed by atoms with Gasteiger partial charge in [0.1, 0.15) is 6.29 Å². The third-order valence-electron chi connectivity index (χ3n) is 5.31. The van der Waals surface area contributed by atoms with Crippen molar-refractivity contribution in [3.8, 4) is 0 Å². The highest BCUT2D eigenvalue weighted by Gasteiger charge is 2.51. The first-order valence-electron chi connectivity index (χ1n) is 8.23. The summed E-state index contributed by atoms with van der Waals surface area (Å²) in [5.74, 6) is -0.432. The molecule has 1 aliphatic carbocycles. The number of aldehydes is 1. The molecule has 7 nitrogen and oxygen atoms in total. The fourth-order valence-corrected chi connectivity index (χ4v) is 5.77. The minimum absolute atomic E-state index is 0.00206. The van der Waals surface area contributed by atoms with Crippen LogP contribution >= 0.6 is 0 Å². The lowest BCUT2D eigenvalue weighted by atomic mass is 9.92. The number of nitro groups is 1. The summed E-state index contributed by atoms with van der Waals surface area (Å²) in [5, 5.41) is 10.8. The Morgan fingerprint density at radius 2 is 1.81 bits per heavy atom. The van der Waals surface area contributed by atoms with Gasteiger partial charge in [0.05, 0.1) is 15.9 Å². The van der Waals surface area contributed by atoms with Crippen LogP contribution in [-0.4, -0.2) is 30.5 Å². The molecule has 2 aliphatic rings. The van der Waals surface area contributed by atoms with Crippen LogP contribution in [0.1, 0.15) is 17.2 Å². The van der Waals surface area contributed by atoms with Gasteiger partial charge in [-0.25, -0.2) is 8.42 Å². The number of sulfonamides is 1. The minimum atomic E-state index is -3.87. The van der Waals surface area contributed by atoms with E-state index in [0.29, 0.717) is 6.42 Å². The quantitative estimate of drug-likeness (QED) is 0.466. The topological polar surface area (TPSA) is 97.6 Å². The Bertz CT molecular complexity index is 987. The lowest BCUT2D eigenvalue weighted by Crippen LogP contribution is -2.31. The molecule has 0 N–H and O–H groups in total. The average molecular weight is 372 g/mol. The molecular formula is C18H16N2O5S. The standard InChI is InChI=1S/C18H16N2O5S/c21-11-13-10-19(18-16-4-2-1-3-12(16)9-17(13)18)26(24,25)15-7-5-14(6-8-15)20(22)23/h1-8,11,13,17-18H,9-10H2/t13-,17-,18-/m1/s1. The number of nitro benzene ring substituents is 1. The largest absolute Gasteiger partial charge is 0.303 e. The Morgan fingerprint density at radius 3 is 2.46 bits per heavy atom. The van der Waals surface area contributed by atoms with E-state index < -0.39 is 14.9 Å². The van der Waals surface area contributed by atoms with Gasteiger partial charge in [-0.3, -0.25) is 10.1 Å². The summed E-state index contributed by atoms with van der Waals surface area (Å²) in [4.78, 5) is 21.8. The minimum Gasteiger partial charge on any atom is -0.303 e. The zero-order valence-electron chi connectivity index (χ0n) is 13.7. The van der Waals surface area contributed by atoms with E-state index in [4.69, 9.17) is 0 Å². The molecular weight excluding hydrogens is 356 g/mol. The zero-order chi connectivity index (χ0) is 18.5. The van der Waals surface area contributed by atoms with Crippen molar-refractivity contribution in [3.63, 3.8) is 0 Å². The number of rotatable bonds is 4. The molecule has 2 aromatic carbocycles. The third-order valence-corrected chi connectivity index (χ3v) is 7.18. The molecule has 0 saturated carbocycles. The monoisotopic (exact) mass is 372 g/mol. The summed E-state index contributed by atoms with van der Waals surface area (Å²) in [7, 11) is -3.87. The fourth-order valence-electron chi connectivity index (χ4n) is 4.08. The van der Waals surface area contributed by atoms with Crippen molar-refractivity contribution < 1.29 is 18.1 Å². The van der Waals surface area contributed by atoms with Crippen molar-refractivity contribution in [1.29, 1.82) is 0 Å². The molecule has 134 valence electrons. The van der Waals surface area contributed by atoms with Gasteiger partial charge in [-0.2, -0.15) is 4.31 Å². The van der Waals surface area contributed by atoms with E-state index in [1.54, 1.807) is 0 Å². The van der Waals surface area contributed by atoms with Crippen LogP contribution in [0.2, 0.25) is 0 Å². The number of non-ortho nitro benzene ring substituents is 1. The average Bonchev–Trinajstić information content (AvgIpc) is 3.19. The molecule has 4 rings (SSSR count). The first-order chi connectivity index (χ1) is 12.4. The van der Waals surface area contributed by atoms with Crippen molar-refractivity contribution in [2.75, 3.05) is 6.54 Å². The summed E-state index contributed by atoms with van der Waals surface area (Å²) in [5.41, 5.74) is 1.84. The highest BCUT2D eigenvalue weighted by Crippen LogP contribution is 2.50. The number of benzene rings is 2. The van der Waals surface area contributed by atoms with Crippen molar-refractivity contribution in [1.82, 2.24) is 4.31 Å². The van der Waals surface area contributed by atoms with Gasteiger partial charge >= 0.3 is 0 Å². The van der Waals surface area contributed by atoms with Crippen LogP contribution < -0.4 is 0 Å². The molecule has 8 heteroatoms. The van der Waals surface area contributed by atoms with E-state index in [0.717, 1.165) is 17.4 Å². The van der Waals surface area contributed by atoms with E-state index in [2.05, 4.69) is 0 Å². The van der Waals surface area contributed by atoms with E-state index in [1.165, 1.54) is 28.6 Å². The summed E-state index contributed by atoms with van der Waals surface area (Å²) < 4.78 is 27.7. The predicted molar refractivity (Wildman–Crippen MR) is 92.9 cm³/mol. The van der Waals surface area contributed by atoms with Gasteiger partial charge in [0.15, 0.2) is 0 Å². The summed E-state index contributed by atoms with van der Waals surface area (Å²) in [6, 6.07) is 12.1. The van der Waals surface area contributed by atoms with Gasteiger partial charge in [0, 0.05) is 24.6 Å². The SMILES string of the molecule is O=C[C@H]1CN(S(=O)(=O)c2ccc([N+](=O)[O-])cc2)[C@@H]2c3ccccc3C[C@@H]21. The molecule has 26 heavy (non-hydrogen) atoms. The van der Waals surface area contributed by atoms with E-state index in [1.807, 2.05) is 24.3 Å². The number of hydrogen-bond donors (Lipinski definition) is 0. The zero-order valence-corrected chi connectivity index (χ0v) is 14.5. The van der Waals surface area contributed by atoms with Gasteiger partial charge in [-0.15, -0.1) is 0 Å². The second-order valence-corrected chi connectivity index (χ2v) is 8.53. The van der Waals surface area contributed by atoms with Crippen LogP contribution in [0.15, 0.2) is 53.4 Å². The molecule has 0 bridgehead atoms. The van der Waals surface area contributed by atoms with Gasteiger partial charge < -0.3 is 4.79 Å². The highest BCUT2D eigenvalue weighted by molar-refractivity contribution is 7.89. The van der Waals surface area contributed by atoms with Crippen molar-refractivity contribution in [3.05, 3.63) is 69.8 Å². The Balaban J connectivity index is 1.76. The number of carbonyl (C=O) groups excluding carboxylic acids is 1. The molecule has 1 heterocycles. The molecule has 0 unspecified atom stereocenters. The van der Waals surface area contributed by atoms with Gasteiger partial charge in [-0.1, -0.05) is 24.3 Å². The first kappa shape index (κ1) is 16.9. The molecule has 0 radical (unpaired) electrons.